The summed E-state index contributed by atoms with van der Waals surface area (Å²) in [5.41, 5.74) is 7.17. The number of carbonyl (C=O) groups is 1. The Balaban J connectivity index is 1.64. The maximum atomic E-state index is 11.7. The van der Waals surface area contributed by atoms with E-state index in [0.29, 0.717) is 0 Å². The highest BCUT2D eigenvalue weighted by Crippen LogP contribution is 2.34. The lowest BCUT2D eigenvalue weighted by Gasteiger charge is -2.30. The molecule has 3 heteroatoms. The van der Waals surface area contributed by atoms with Gasteiger partial charge in [-0.25, -0.2) is 0 Å². The molecule has 1 saturated heterocycles. The van der Waals surface area contributed by atoms with E-state index >= 15 is 0 Å². The Bertz CT molecular complexity index is 1060. The first kappa shape index (κ1) is 21.1. The molecule has 0 saturated carbocycles. The van der Waals surface area contributed by atoms with E-state index in [1.807, 2.05) is 24.3 Å². The van der Waals surface area contributed by atoms with E-state index in [2.05, 4.69) is 59.5 Å². The van der Waals surface area contributed by atoms with Gasteiger partial charge in [-0.2, -0.15) is 0 Å². The first-order valence-corrected chi connectivity index (χ1v) is 10.9. The summed E-state index contributed by atoms with van der Waals surface area (Å²) >= 11 is 0. The van der Waals surface area contributed by atoms with Crippen LogP contribution in [0.3, 0.4) is 0 Å². The Morgan fingerprint density at radius 3 is 2.16 bits per heavy atom. The number of hydrogen-bond donors (Lipinski definition) is 0. The van der Waals surface area contributed by atoms with Crippen molar-refractivity contribution in [2.45, 2.75) is 26.3 Å². The van der Waals surface area contributed by atoms with E-state index in [9.17, 15) is 4.79 Å². The molecule has 0 aromatic heterocycles. The molecule has 1 fully saturated rings. The molecule has 0 bridgehead atoms. The summed E-state index contributed by atoms with van der Waals surface area (Å²) in [5, 5.41) is 0. The van der Waals surface area contributed by atoms with E-state index in [-0.39, 0.29) is 5.78 Å². The zero-order chi connectivity index (χ0) is 21.6. The molecule has 3 nitrogen and oxygen atoms in total. The molecule has 31 heavy (non-hydrogen) atoms. The van der Waals surface area contributed by atoms with Gasteiger partial charge in [0.2, 0.25) is 0 Å². The van der Waals surface area contributed by atoms with Crippen LogP contribution in [-0.4, -0.2) is 30.9 Å². The lowest BCUT2D eigenvalue weighted by atomic mass is 9.87. The second kappa shape index (κ2) is 9.76. The van der Waals surface area contributed by atoms with Gasteiger partial charge in [-0.1, -0.05) is 72.3 Å². The molecule has 0 spiro atoms. The molecule has 0 aliphatic carbocycles. The molecule has 1 aliphatic heterocycles. The van der Waals surface area contributed by atoms with Crippen molar-refractivity contribution in [2.24, 2.45) is 0 Å². The molecule has 3 aromatic carbocycles. The number of ketones is 1. The summed E-state index contributed by atoms with van der Waals surface area (Å²) in [4.78, 5) is 14.3. The number of likely N-dealkylation sites (tertiary alicyclic amines) is 1. The topological polar surface area (TPSA) is 29.5 Å². The quantitative estimate of drug-likeness (QED) is 0.466. The van der Waals surface area contributed by atoms with Crippen molar-refractivity contribution in [2.75, 3.05) is 20.2 Å². The minimum atomic E-state index is 0.0938. The van der Waals surface area contributed by atoms with Crippen LogP contribution in [0.5, 0.6) is 5.75 Å². The second-order valence-corrected chi connectivity index (χ2v) is 8.11. The van der Waals surface area contributed by atoms with Crippen LogP contribution in [0, 0.1) is 0 Å². The SMILES string of the molecule is COc1cccc(C(=C2CCN(Cc3ccccc3)CC2)c2ccc(C(C)=O)cc2)c1. The lowest BCUT2D eigenvalue weighted by Crippen LogP contribution is -2.30. The van der Waals surface area contributed by atoms with Crippen LogP contribution in [0.2, 0.25) is 0 Å². The number of benzene rings is 3. The molecule has 0 atom stereocenters. The zero-order valence-electron chi connectivity index (χ0n) is 18.3. The van der Waals surface area contributed by atoms with Gasteiger partial charge in [0, 0.05) is 25.2 Å². The predicted octanol–water partition coefficient (Wildman–Crippen LogP) is 6.00. The fraction of sp³-hybridized carbons (Fsp3) is 0.250. The fourth-order valence-corrected chi connectivity index (χ4v) is 4.30. The van der Waals surface area contributed by atoms with Crippen LogP contribution in [0.4, 0.5) is 0 Å². The molecule has 0 radical (unpaired) electrons. The number of hydrogen-bond acceptors (Lipinski definition) is 3. The molecular weight excluding hydrogens is 382 g/mol. The standard InChI is InChI=1S/C28H29NO2/c1-21(30)23-11-13-24(14-12-23)28(26-9-6-10-27(19-26)31-2)25-15-17-29(18-16-25)20-22-7-4-3-5-8-22/h3-14,19H,15-18,20H2,1-2H3. The van der Waals surface area contributed by atoms with E-state index < -0.39 is 0 Å². The van der Waals surface area contributed by atoms with Gasteiger partial charge in [-0.05, 0) is 54.2 Å². The van der Waals surface area contributed by atoms with Gasteiger partial charge in [-0.3, -0.25) is 9.69 Å². The summed E-state index contributed by atoms with van der Waals surface area (Å²) in [6.07, 6.45) is 2.07. The second-order valence-electron chi connectivity index (χ2n) is 8.11. The third-order valence-corrected chi connectivity index (χ3v) is 6.00. The zero-order valence-corrected chi connectivity index (χ0v) is 18.3. The molecule has 0 amide bonds. The van der Waals surface area contributed by atoms with Crippen LogP contribution >= 0.6 is 0 Å². The van der Waals surface area contributed by atoms with Gasteiger partial charge >= 0.3 is 0 Å². The number of Topliss-reactive ketones (excluding diaryl/α,β-unsaturated/α-hetero) is 1. The van der Waals surface area contributed by atoms with Gasteiger partial charge in [0.25, 0.3) is 0 Å². The van der Waals surface area contributed by atoms with Gasteiger partial charge in [0.1, 0.15) is 5.75 Å². The van der Waals surface area contributed by atoms with Crippen molar-refractivity contribution in [3.05, 3.63) is 107 Å². The number of carbonyl (C=O) groups excluding carboxylic acids is 1. The average Bonchev–Trinajstić information content (AvgIpc) is 2.81. The van der Waals surface area contributed by atoms with E-state index in [1.54, 1.807) is 14.0 Å². The van der Waals surface area contributed by atoms with Crippen molar-refractivity contribution >= 4 is 11.4 Å². The first-order valence-electron chi connectivity index (χ1n) is 10.9. The summed E-state index contributed by atoms with van der Waals surface area (Å²) in [6, 6.07) is 27.0. The van der Waals surface area contributed by atoms with Crippen molar-refractivity contribution in [1.82, 2.24) is 4.90 Å². The van der Waals surface area contributed by atoms with Crippen molar-refractivity contribution in [3.63, 3.8) is 0 Å². The normalized spacial score (nSPS) is 14.3. The van der Waals surface area contributed by atoms with Crippen LogP contribution < -0.4 is 4.74 Å². The largest absolute Gasteiger partial charge is 0.497 e. The molecular formula is C28H29NO2. The summed E-state index contributed by atoms with van der Waals surface area (Å²) in [6.45, 7) is 4.70. The Kier molecular flexibility index (Phi) is 6.63. The highest BCUT2D eigenvalue weighted by molar-refractivity contribution is 5.94. The highest BCUT2D eigenvalue weighted by atomic mass is 16.5. The summed E-state index contributed by atoms with van der Waals surface area (Å²) in [7, 11) is 1.70. The lowest BCUT2D eigenvalue weighted by molar-refractivity contribution is 0.101. The van der Waals surface area contributed by atoms with E-state index in [0.717, 1.165) is 49.4 Å². The smallest absolute Gasteiger partial charge is 0.159 e. The maximum Gasteiger partial charge on any atom is 0.159 e. The summed E-state index contributed by atoms with van der Waals surface area (Å²) < 4.78 is 5.49. The molecule has 158 valence electrons. The Hall–Kier alpha value is -3.17. The van der Waals surface area contributed by atoms with Crippen LogP contribution in [-0.2, 0) is 6.54 Å². The van der Waals surface area contributed by atoms with Gasteiger partial charge in [-0.15, -0.1) is 0 Å². The van der Waals surface area contributed by atoms with Crippen LogP contribution in [0.1, 0.15) is 46.8 Å². The number of piperidine rings is 1. The Morgan fingerprint density at radius 2 is 1.52 bits per heavy atom. The van der Waals surface area contributed by atoms with Crippen molar-refractivity contribution < 1.29 is 9.53 Å². The summed E-state index contributed by atoms with van der Waals surface area (Å²) in [5.74, 6) is 0.953. The third-order valence-electron chi connectivity index (χ3n) is 6.00. The van der Waals surface area contributed by atoms with E-state index in [1.165, 1.54) is 22.3 Å². The van der Waals surface area contributed by atoms with Gasteiger partial charge in [0.05, 0.1) is 7.11 Å². The highest BCUT2D eigenvalue weighted by Gasteiger charge is 2.19. The molecule has 4 rings (SSSR count). The van der Waals surface area contributed by atoms with Crippen molar-refractivity contribution in [3.8, 4) is 5.75 Å². The van der Waals surface area contributed by atoms with Crippen LogP contribution in [0.15, 0.2) is 84.4 Å². The maximum absolute atomic E-state index is 11.7. The molecule has 0 N–H and O–H groups in total. The van der Waals surface area contributed by atoms with Crippen molar-refractivity contribution in [1.29, 1.82) is 0 Å². The van der Waals surface area contributed by atoms with E-state index in [4.69, 9.17) is 4.74 Å². The third kappa shape index (κ3) is 5.12. The minimum Gasteiger partial charge on any atom is -0.497 e. The predicted molar refractivity (Wildman–Crippen MR) is 126 cm³/mol. The Labute approximate surface area is 185 Å². The van der Waals surface area contributed by atoms with Gasteiger partial charge < -0.3 is 4.74 Å². The number of nitrogens with zero attached hydrogens (tertiary/aromatic N) is 1. The average molecular weight is 412 g/mol. The monoisotopic (exact) mass is 411 g/mol. The Morgan fingerprint density at radius 1 is 0.839 bits per heavy atom. The fourth-order valence-electron chi connectivity index (χ4n) is 4.30. The molecule has 0 unspecified atom stereocenters. The van der Waals surface area contributed by atoms with Gasteiger partial charge in [0.15, 0.2) is 5.78 Å². The number of rotatable bonds is 6. The molecule has 1 heterocycles. The molecule has 3 aromatic rings. The molecule has 1 aliphatic rings. The van der Waals surface area contributed by atoms with Crippen LogP contribution in [0.25, 0.3) is 5.57 Å². The minimum absolute atomic E-state index is 0.0938. The first-order chi connectivity index (χ1) is 15.1. The number of ether oxygens (including phenoxy) is 1. The number of methoxy groups -OCH3 is 1.